The van der Waals surface area contributed by atoms with Crippen molar-refractivity contribution in [2.24, 2.45) is 5.92 Å². The summed E-state index contributed by atoms with van der Waals surface area (Å²) in [5.41, 5.74) is -0.518. The second kappa shape index (κ2) is 9.23. The Bertz CT molecular complexity index is 1170. The lowest BCUT2D eigenvalue weighted by atomic mass is 9.91. The van der Waals surface area contributed by atoms with E-state index in [9.17, 15) is 24.0 Å². The second-order valence-corrected chi connectivity index (χ2v) is 12.5. The van der Waals surface area contributed by atoms with Gasteiger partial charge in [0.15, 0.2) is 0 Å². The number of carbonyl (C=O) groups is 3. The summed E-state index contributed by atoms with van der Waals surface area (Å²) >= 11 is 0. The zero-order chi connectivity index (χ0) is 27.6. The molecule has 0 unspecified atom stereocenters. The molecule has 3 heterocycles. The van der Waals surface area contributed by atoms with Gasteiger partial charge in [-0.3, -0.25) is 14.5 Å². The smallest absolute Gasteiger partial charge is 0.408 e. The number of nitrogens with one attached hydrogen (secondary N) is 1. The van der Waals surface area contributed by atoms with Crippen molar-refractivity contribution in [3.63, 3.8) is 0 Å². The first kappa shape index (κ1) is 26.4. The van der Waals surface area contributed by atoms with Crippen molar-refractivity contribution in [1.82, 2.24) is 20.0 Å². The summed E-state index contributed by atoms with van der Waals surface area (Å²) in [6.45, 7) is 9.87. The van der Waals surface area contributed by atoms with Gasteiger partial charge in [-0.05, 0) is 77.5 Å². The van der Waals surface area contributed by atoms with Crippen LogP contribution in [0.25, 0.3) is 0 Å². The lowest BCUT2D eigenvalue weighted by Crippen LogP contribution is -2.61. The van der Waals surface area contributed by atoms with Gasteiger partial charge in [0.25, 0.3) is 0 Å². The lowest BCUT2D eigenvalue weighted by Gasteiger charge is -2.44. The molecule has 38 heavy (non-hydrogen) atoms. The van der Waals surface area contributed by atoms with Crippen molar-refractivity contribution >= 4 is 17.9 Å². The first-order valence-corrected chi connectivity index (χ1v) is 13.3. The third-order valence-corrected chi connectivity index (χ3v) is 8.34. The summed E-state index contributed by atoms with van der Waals surface area (Å²) in [5, 5.41) is 12.4. The average Bonchev–Trinajstić information content (AvgIpc) is 3.15. The lowest BCUT2D eigenvalue weighted by molar-refractivity contribution is -0.144. The Morgan fingerprint density at radius 2 is 1.84 bits per heavy atom. The Morgan fingerprint density at radius 1 is 1.16 bits per heavy atom. The maximum atomic E-state index is 13.7. The Kier molecular flexibility index (Phi) is 6.41. The van der Waals surface area contributed by atoms with E-state index in [1.807, 2.05) is 23.6 Å². The van der Waals surface area contributed by atoms with Gasteiger partial charge in [0.1, 0.15) is 23.5 Å². The Morgan fingerprint density at radius 3 is 2.45 bits per heavy atom. The number of ether oxygens (including phenoxy) is 1. The minimum atomic E-state index is -0.939. The highest BCUT2D eigenvalue weighted by Gasteiger charge is 2.57. The normalized spacial score (nSPS) is 29.2. The number of nitriles is 1. The molecule has 1 N–H and O–H groups in total. The summed E-state index contributed by atoms with van der Waals surface area (Å²) in [4.78, 5) is 45.5. The third kappa shape index (κ3) is 4.73. The van der Waals surface area contributed by atoms with Crippen LogP contribution in [0.4, 0.5) is 9.18 Å². The molecule has 0 radical (unpaired) electrons. The Hall–Kier alpha value is -3.19. The minimum Gasteiger partial charge on any atom is -0.444 e. The molecule has 3 saturated heterocycles. The van der Waals surface area contributed by atoms with Gasteiger partial charge >= 0.3 is 6.09 Å². The van der Waals surface area contributed by atoms with Crippen molar-refractivity contribution in [3.05, 3.63) is 35.6 Å². The summed E-state index contributed by atoms with van der Waals surface area (Å²) in [7, 11) is 0. The van der Waals surface area contributed by atoms with Gasteiger partial charge < -0.3 is 19.9 Å². The molecule has 2 bridgehead atoms. The molecule has 1 aliphatic carbocycles. The fraction of sp³-hybridized carbons (Fsp3) is 0.643. The number of rotatable bonds is 6. The number of alkyl carbamates (subject to hydrolysis) is 1. The molecule has 204 valence electrons. The molecular formula is C28H36FN5O4. The van der Waals surface area contributed by atoms with Gasteiger partial charge in [-0.15, -0.1) is 0 Å². The molecular weight excluding hydrogens is 489 g/mol. The monoisotopic (exact) mass is 525 g/mol. The van der Waals surface area contributed by atoms with Gasteiger partial charge in [-0.2, -0.15) is 5.26 Å². The van der Waals surface area contributed by atoms with E-state index in [4.69, 9.17) is 4.74 Å². The number of piperidine rings is 1. The van der Waals surface area contributed by atoms with Crippen LogP contribution in [-0.2, 0) is 19.9 Å². The molecule has 3 amide bonds. The average molecular weight is 526 g/mol. The summed E-state index contributed by atoms with van der Waals surface area (Å²) in [6, 6.07) is 6.55. The molecule has 4 aliphatic rings. The van der Waals surface area contributed by atoms with Crippen LogP contribution in [0, 0.1) is 23.1 Å². The summed E-state index contributed by atoms with van der Waals surface area (Å²) in [6.07, 6.45) is 1.45. The van der Waals surface area contributed by atoms with Crippen LogP contribution in [0.2, 0.25) is 0 Å². The van der Waals surface area contributed by atoms with Gasteiger partial charge in [0.2, 0.25) is 11.8 Å². The van der Waals surface area contributed by atoms with Crippen molar-refractivity contribution in [3.8, 4) is 6.07 Å². The zero-order valence-electron chi connectivity index (χ0n) is 22.6. The van der Waals surface area contributed by atoms with Crippen LogP contribution in [-0.4, -0.2) is 81.5 Å². The molecule has 0 aromatic heterocycles. The molecule has 1 saturated carbocycles. The molecule has 1 aromatic carbocycles. The van der Waals surface area contributed by atoms with Crippen LogP contribution in [0.5, 0.6) is 0 Å². The summed E-state index contributed by atoms with van der Waals surface area (Å²) in [5.74, 6) is -0.326. The van der Waals surface area contributed by atoms with Crippen molar-refractivity contribution < 1.29 is 23.5 Å². The first-order chi connectivity index (χ1) is 17.8. The maximum absolute atomic E-state index is 13.7. The number of nitrogens with zero attached hydrogens (tertiary/aromatic N) is 4. The SMILES string of the molecule is CC(C)(C)OC(=O)N[C@@H](CN1C[C@@H]2C[C@H]1C(=O)N2C(C)(C)c1ccc(F)cc1)C(=O)N1[C@H](C#N)C[C@@H]2C[C@@H]21. The highest BCUT2D eigenvalue weighted by atomic mass is 19.1. The van der Waals surface area contributed by atoms with E-state index < -0.39 is 35.4 Å². The molecule has 0 spiro atoms. The highest BCUT2D eigenvalue weighted by molar-refractivity contribution is 5.89. The quantitative estimate of drug-likeness (QED) is 0.612. The number of halogens is 1. The topological polar surface area (TPSA) is 106 Å². The van der Waals surface area contributed by atoms with E-state index in [1.165, 1.54) is 12.1 Å². The number of hydrogen-bond acceptors (Lipinski definition) is 6. The number of amides is 3. The fourth-order valence-electron chi connectivity index (χ4n) is 6.53. The maximum Gasteiger partial charge on any atom is 0.408 e. The van der Waals surface area contributed by atoms with Crippen molar-refractivity contribution in [2.75, 3.05) is 13.1 Å². The number of hydrogen-bond donors (Lipinski definition) is 1. The third-order valence-electron chi connectivity index (χ3n) is 8.34. The van der Waals surface area contributed by atoms with Crippen LogP contribution in [0.3, 0.4) is 0 Å². The molecule has 4 fully saturated rings. The van der Waals surface area contributed by atoms with Crippen molar-refractivity contribution in [1.29, 1.82) is 5.26 Å². The molecule has 10 heteroatoms. The first-order valence-electron chi connectivity index (χ1n) is 13.3. The predicted molar refractivity (Wildman–Crippen MR) is 136 cm³/mol. The van der Waals surface area contributed by atoms with Crippen LogP contribution < -0.4 is 5.32 Å². The Labute approximate surface area is 222 Å². The predicted octanol–water partition coefficient (Wildman–Crippen LogP) is 2.75. The van der Waals surface area contributed by atoms with Gasteiger partial charge in [0, 0.05) is 25.2 Å². The molecule has 5 rings (SSSR count). The van der Waals surface area contributed by atoms with E-state index in [-0.39, 0.29) is 36.3 Å². The van der Waals surface area contributed by atoms with E-state index in [1.54, 1.807) is 37.8 Å². The minimum absolute atomic E-state index is 0.0405. The number of piperazine rings is 1. The van der Waals surface area contributed by atoms with Gasteiger partial charge in [0.05, 0.1) is 17.6 Å². The standard InChI is InChI=1S/C28H36FN5O4/c1-27(2,3)38-26(37)31-21(24(35)33-19(13-30)10-16-11-22(16)33)15-32-14-20-12-23(32)25(36)34(20)28(4,5)17-6-8-18(29)9-7-17/h6-9,16,19-23H,10-12,14-15H2,1-5H3,(H,31,37)/t16-,19+,20+,21+,22+,23+/m1/s1. The van der Waals surface area contributed by atoms with E-state index in [0.717, 1.165) is 12.0 Å². The van der Waals surface area contributed by atoms with Crippen LogP contribution in [0.1, 0.15) is 59.4 Å². The van der Waals surface area contributed by atoms with E-state index in [0.29, 0.717) is 25.3 Å². The van der Waals surface area contributed by atoms with Crippen LogP contribution >= 0.6 is 0 Å². The number of benzene rings is 1. The number of fused-ring (bicyclic) bond motifs is 3. The number of likely N-dealkylation sites (tertiary alicyclic amines) is 3. The highest BCUT2D eigenvalue weighted by Crippen LogP contribution is 2.48. The molecule has 6 atom stereocenters. The van der Waals surface area contributed by atoms with Gasteiger partial charge in [-0.25, -0.2) is 9.18 Å². The van der Waals surface area contributed by atoms with E-state index in [2.05, 4.69) is 11.4 Å². The molecule has 9 nitrogen and oxygen atoms in total. The summed E-state index contributed by atoms with van der Waals surface area (Å²) < 4.78 is 18.9. The Balaban J connectivity index is 1.33. The second-order valence-electron chi connectivity index (χ2n) is 12.5. The number of carbonyl (C=O) groups excluding carboxylic acids is 3. The zero-order valence-corrected chi connectivity index (χ0v) is 22.6. The largest absolute Gasteiger partial charge is 0.444 e. The fourth-order valence-corrected chi connectivity index (χ4v) is 6.53. The van der Waals surface area contributed by atoms with Gasteiger partial charge in [-0.1, -0.05) is 12.1 Å². The van der Waals surface area contributed by atoms with Crippen molar-refractivity contribution in [2.45, 2.75) is 95.2 Å². The van der Waals surface area contributed by atoms with Crippen LogP contribution in [0.15, 0.2) is 24.3 Å². The molecule has 3 aliphatic heterocycles. The van der Waals surface area contributed by atoms with E-state index >= 15 is 0 Å². The molecule has 1 aromatic rings.